The van der Waals surface area contributed by atoms with E-state index >= 15 is 0 Å². The average Bonchev–Trinajstić information content (AvgIpc) is 2.90. The van der Waals surface area contributed by atoms with Gasteiger partial charge in [0.25, 0.3) is 0 Å². The van der Waals surface area contributed by atoms with E-state index in [2.05, 4.69) is 74.5 Å². The maximum Gasteiger partial charge on any atom is -0.0184 e. The standard InChI is InChI=1S/C34H46/c1-3-5-7-9-27-11-15-29(16-12-27)31-19-23-33(24-20-31)34-25-21-32(22-26-34)30-17-13-28(14-18-30)10-8-6-4-2/h15,17,19-28H,3-14,16,18H2,1-2H3/t27-,28-/m1/s1. The van der Waals surface area contributed by atoms with E-state index in [1.54, 1.807) is 11.1 Å². The summed E-state index contributed by atoms with van der Waals surface area (Å²) in [5, 5.41) is 0. The summed E-state index contributed by atoms with van der Waals surface area (Å²) in [6.45, 7) is 4.60. The molecule has 2 atom stereocenters. The molecule has 0 N–H and O–H groups in total. The first-order valence-electron chi connectivity index (χ1n) is 14.4. The van der Waals surface area contributed by atoms with Crippen LogP contribution in [0.25, 0.3) is 22.3 Å². The van der Waals surface area contributed by atoms with Gasteiger partial charge in [0, 0.05) is 0 Å². The second-order valence-corrected chi connectivity index (χ2v) is 10.9. The molecule has 0 aliphatic heterocycles. The highest BCUT2D eigenvalue weighted by Gasteiger charge is 2.16. The molecule has 0 saturated carbocycles. The molecule has 2 aromatic rings. The lowest BCUT2D eigenvalue weighted by Crippen LogP contribution is -2.05. The minimum atomic E-state index is 0.916. The van der Waals surface area contributed by atoms with E-state index in [0.717, 1.165) is 11.8 Å². The van der Waals surface area contributed by atoms with Crippen LogP contribution < -0.4 is 0 Å². The summed E-state index contributed by atoms with van der Waals surface area (Å²) in [7, 11) is 0. The van der Waals surface area contributed by atoms with Crippen LogP contribution in [0.5, 0.6) is 0 Å². The minimum absolute atomic E-state index is 0.916. The van der Waals surface area contributed by atoms with Crippen LogP contribution in [0.15, 0.2) is 60.7 Å². The van der Waals surface area contributed by atoms with Gasteiger partial charge in [0.1, 0.15) is 0 Å². The molecule has 4 rings (SSSR count). The molecule has 0 bridgehead atoms. The molecule has 0 fully saturated rings. The first kappa shape index (κ1) is 25.0. The summed E-state index contributed by atoms with van der Waals surface area (Å²) in [4.78, 5) is 0. The molecule has 0 spiro atoms. The van der Waals surface area contributed by atoms with Gasteiger partial charge in [0.2, 0.25) is 0 Å². The molecule has 2 aliphatic rings. The summed E-state index contributed by atoms with van der Waals surface area (Å²) >= 11 is 0. The van der Waals surface area contributed by atoms with E-state index in [-0.39, 0.29) is 0 Å². The normalized spacial score (nSPS) is 20.6. The van der Waals surface area contributed by atoms with E-state index in [1.165, 1.54) is 112 Å². The molecule has 0 aromatic heterocycles. The Balaban J connectivity index is 1.32. The zero-order valence-electron chi connectivity index (χ0n) is 21.8. The van der Waals surface area contributed by atoms with Gasteiger partial charge in [-0.25, -0.2) is 0 Å². The molecule has 0 unspecified atom stereocenters. The lowest BCUT2D eigenvalue weighted by atomic mass is 9.83. The highest BCUT2D eigenvalue weighted by atomic mass is 14.2. The fourth-order valence-electron chi connectivity index (χ4n) is 5.95. The number of rotatable bonds is 11. The first-order chi connectivity index (χ1) is 16.8. The highest BCUT2D eigenvalue weighted by molar-refractivity contribution is 5.73. The van der Waals surface area contributed by atoms with Gasteiger partial charge in [-0.3, -0.25) is 0 Å². The van der Waals surface area contributed by atoms with Gasteiger partial charge in [-0.2, -0.15) is 0 Å². The smallest absolute Gasteiger partial charge is 0.0184 e. The molecule has 0 heteroatoms. The summed E-state index contributed by atoms with van der Waals surface area (Å²) in [6, 6.07) is 18.6. The van der Waals surface area contributed by atoms with Gasteiger partial charge in [-0.1, -0.05) is 126 Å². The Bertz CT molecular complexity index is 846. The number of hydrogen-bond donors (Lipinski definition) is 0. The number of hydrogen-bond acceptors (Lipinski definition) is 0. The van der Waals surface area contributed by atoms with Crippen LogP contribution in [-0.2, 0) is 0 Å². The Morgan fingerprint density at radius 3 is 1.24 bits per heavy atom. The van der Waals surface area contributed by atoms with Crippen molar-refractivity contribution in [3.8, 4) is 11.1 Å². The topological polar surface area (TPSA) is 0 Å². The predicted octanol–water partition coefficient (Wildman–Crippen LogP) is 10.9. The minimum Gasteiger partial charge on any atom is -0.0804 e. The van der Waals surface area contributed by atoms with Crippen molar-refractivity contribution in [2.24, 2.45) is 11.8 Å². The molecule has 0 heterocycles. The second-order valence-electron chi connectivity index (χ2n) is 10.9. The Labute approximate surface area is 209 Å². The van der Waals surface area contributed by atoms with Crippen molar-refractivity contribution in [3.63, 3.8) is 0 Å². The first-order valence-corrected chi connectivity index (χ1v) is 14.4. The molecule has 34 heavy (non-hydrogen) atoms. The fraction of sp³-hybridized carbons (Fsp3) is 0.529. The summed E-state index contributed by atoms with van der Waals surface area (Å²) in [5.74, 6) is 1.83. The van der Waals surface area contributed by atoms with Crippen LogP contribution in [0.4, 0.5) is 0 Å². The fourth-order valence-corrected chi connectivity index (χ4v) is 5.95. The van der Waals surface area contributed by atoms with E-state index in [4.69, 9.17) is 0 Å². The Morgan fingerprint density at radius 2 is 0.912 bits per heavy atom. The predicted molar refractivity (Wildman–Crippen MR) is 151 cm³/mol. The molecular weight excluding hydrogens is 408 g/mol. The van der Waals surface area contributed by atoms with Crippen molar-refractivity contribution in [3.05, 3.63) is 71.8 Å². The van der Waals surface area contributed by atoms with Gasteiger partial charge >= 0.3 is 0 Å². The van der Waals surface area contributed by atoms with Gasteiger partial charge in [-0.05, 0) is 83.8 Å². The number of benzene rings is 2. The summed E-state index contributed by atoms with van der Waals surface area (Å²) in [5.41, 5.74) is 8.63. The van der Waals surface area contributed by atoms with E-state index in [1.807, 2.05) is 0 Å². The maximum absolute atomic E-state index is 2.52. The summed E-state index contributed by atoms with van der Waals surface area (Å²) in [6.07, 6.45) is 24.0. The van der Waals surface area contributed by atoms with Crippen LogP contribution in [0, 0.1) is 11.8 Å². The lowest BCUT2D eigenvalue weighted by Gasteiger charge is -2.22. The molecular formula is C34H46. The van der Waals surface area contributed by atoms with Crippen molar-refractivity contribution in [1.82, 2.24) is 0 Å². The maximum atomic E-state index is 2.52. The van der Waals surface area contributed by atoms with Crippen LogP contribution in [0.2, 0.25) is 0 Å². The van der Waals surface area contributed by atoms with Gasteiger partial charge in [0.05, 0.1) is 0 Å². The Kier molecular flexibility index (Phi) is 9.66. The quantitative estimate of drug-likeness (QED) is 0.296. The Hall–Kier alpha value is -2.08. The van der Waals surface area contributed by atoms with E-state index in [9.17, 15) is 0 Å². The lowest BCUT2D eigenvalue weighted by molar-refractivity contribution is 0.428. The number of unbranched alkanes of at least 4 members (excludes halogenated alkanes) is 4. The van der Waals surface area contributed by atoms with E-state index in [0.29, 0.717) is 0 Å². The van der Waals surface area contributed by atoms with Crippen LogP contribution in [-0.4, -0.2) is 0 Å². The van der Waals surface area contributed by atoms with Crippen molar-refractivity contribution < 1.29 is 0 Å². The van der Waals surface area contributed by atoms with E-state index < -0.39 is 0 Å². The third-order valence-corrected chi connectivity index (χ3v) is 8.32. The molecule has 0 amide bonds. The third kappa shape index (κ3) is 6.97. The third-order valence-electron chi connectivity index (χ3n) is 8.32. The molecule has 182 valence electrons. The Morgan fingerprint density at radius 1 is 0.529 bits per heavy atom. The van der Waals surface area contributed by atoms with Crippen LogP contribution >= 0.6 is 0 Å². The summed E-state index contributed by atoms with van der Waals surface area (Å²) < 4.78 is 0. The molecule has 0 radical (unpaired) electrons. The zero-order chi connectivity index (χ0) is 23.6. The van der Waals surface area contributed by atoms with Crippen LogP contribution in [0.1, 0.15) is 115 Å². The van der Waals surface area contributed by atoms with Gasteiger partial charge in [0.15, 0.2) is 0 Å². The SMILES string of the molecule is CCCCC[C@@H]1CC=C(c2ccc(-c3ccc(C4=CC[C@@H](CCCCC)CC4)cc3)cc2)CC1. The second kappa shape index (κ2) is 13.1. The largest absolute Gasteiger partial charge is 0.0804 e. The van der Waals surface area contributed by atoms with Gasteiger partial charge in [-0.15, -0.1) is 0 Å². The van der Waals surface area contributed by atoms with Crippen LogP contribution in [0.3, 0.4) is 0 Å². The van der Waals surface area contributed by atoms with Crippen molar-refractivity contribution in [2.75, 3.05) is 0 Å². The van der Waals surface area contributed by atoms with Crippen molar-refractivity contribution in [1.29, 1.82) is 0 Å². The molecule has 0 saturated heterocycles. The molecule has 2 aliphatic carbocycles. The monoisotopic (exact) mass is 454 g/mol. The average molecular weight is 455 g/mol. The number of allylic oxidation sites excluding steroid dienone is 4. The zero-order valence-corrected chi connectivity index (χ0v) is 21.8. The van der Waals surface area contributed by atoms with Crippen molar-refractivity contribution in [2.45, 2.75) is 104 Å². The molecule has 0 nitrogen and oxygen atoms in total. The molecule has 2 aromatic carbocycles. The van der Waals surface area contributed by atoms with Crippen molar-refractivity contribution >= 4 is 11.1 Å². The highest BCUT2D eigenvalue weighted by Crippen LogP contribution is 2.35. The van der Waals surface area contributed by atoms with Gasteiger partial charge < -0.3 is 0 Å².